The zero-order chi connectivity index (χ0) is 18.3. The van der Waals surface area contributed by atoms with Gasteiger partial charge < -0.3 is 8.98 Å². The first kappa shape index (κ1) is 17.1. The molecule has 0 bridgehead atoms. The van der Waals surface area contributed by atoms with Crippen LogP contribution in [-0.4, -0.2) is 35.8 Å². The number of tetrazole rings is 1. The summed E-state index contributed by atoms with van der Waals surface area (Å²) >= 11 is 1.43. The topological polar surface area (TPSA) is 78.7 Å². The van der Waals surface area contributed by atoms with Crippen LogP contribution in [0.4, 0.5) is 0 Å². The average molecular weight is 371 g/mol. The average Bonchev–Trinajstić information content (AvgIpc) is 3.03. The first-order chi connectivity index (χ1) is 12.5. The van der Waals surface area contributed by atoms with Crippen molar-refractivity contribution in [3.63, 3.8) is 0 Å². The van der Waals surface area contributed by atoms with Crippen molar-refractivity contribution in [2.45, 2.75) is 56.6 Å². The zero-order valence-electron chi connectivity index (χ0n) is 15.0. The summed E-state index contributed by atoms with van der Waals surface area (Å²) in [6.45, 7) is 6.53. The Balaban J connectivity index is 1.53. The van der Waals surface area contributed by atoms with Crippen LogP contribution in [0, 0.1) is 13.8 Å². The van der Waals surface area contributed by atoms with Crippen molar-refractivity contribution in [2.24, 2.45) is 0 Å². The molecule has 0 radical (unpaired) electrons. The van der Waals surface area contributed by atoms with Gasteiger partial charge in [0, 0.05) is 17.0 Å². The van der Waals surface area contributed by atoms with E-state index < -0.39 is 0 Å². The number of aromatic nitrogens is 5. The molecule has 0 unspecified atom stereocenters. The molecule has 4 rings (SSSR count). The van der Waals surface area contributed by atoms with E-state index in [-0.39, 0.29) is 11.0 Å². The van der Waals surface area contributed by atoms with Gasteiger partial charge in [0.25, 0.3) is 0 Å². The molecule has 0 aromatic carbocycles. The molecule has 0 spiro atoms. The Morgan fingerprint density at radius 3 is 2.92 bits per heavy atom. The van der Waals surface area contributed by atoms with Crippen LogP contribution in [0.3, 0.4) is 0 Å². The minimum atomic E-state index is -0.254. The molecule has 3 aromatic rings. The maximum absolute atomic E-state index is 13.0. The van der Waals surface area contributed by atoms with E-state index in [1.54, 1.807) is 6.26 Å². The number of ketones is 1. The van der Waals surface area contributed by atoms with Gasteiger partial charge in [0.2, 0.25) is 5.16 Å². The summed E-state index contributed by atoms with van der Waals surface area (Å²) < 4.78 is 9.39. The Hall–Kier alpha value is -2.35. The van der Waals surface area contributed by atoms with E-state index in [1.165, 1.54) is 11.8 Å². The van der Waals surface area contributed by atoms with E-state index in [0.717, 1.165) is 40.7 Å². The van der Waals surface area contributed by atoms with Crippen molar-refractivity contribution in [3.05, 3.63) is 47.2 Å². The van der Waals surface area contributed by atoms with Crippen LogP contribution in [-0.2, 0) is 6.54 Å². The second kappa shape index (κ2) is 6.75. The number of aryl methyl sites for hydroxylation is 1. The highest BCUT2D eigenvalue weighted by Gasteiger charge is 2.30. The fourth-order valence-electron chi connectivity index (χ4n) is 3.09. The van der Waals surface area contributed by atoms with Crippen molar-refractivity contribution >= 4 is 17.5 Å². The number of carbonyl (C=O) groups is 1. The third-order valence-corrected chi connectivity index (χ3v) is 5.79. The summed E-state index contributed by atoms with van der Waals surface area (Å²) in [5.74, 6) is 0.968. The Labute approximate surface area is 155 Å². The number of furan rings is 1. The number of rotatable bonds is 7. The normalized spacial score (nSPS) is 15.3. The van der Waals surface area contributed by atoms with Gasteiger partial charge in [0.1, 0.15) is 5.76 Å². The lowest BCUT2D eigenvalue weighted by Crippen LogP contribution is -2.16. The van der Waals surface area contributed by atoms with E-state index >= 15 is 0 Å². The van der Waals surface area contributed by atoms with E-state index in [0.29, 0.717) is 12.6 Å². The standard InChI is InChI=1S/C18H21N5O2S/c1-11-9-16(12(2)22(11)10-15-5-4-8-25-15)17(24)13(3)26-18-19-20-21-23(18)14-6-7-14/h4-5,8-9,13-14H,6-7,10H2,1-3H3/t13-/m1/s1. The maximum atomic E-state index is 13.0. The molecule has 26 heavy (non-hydrogen) atoms. The number of Topliss-reactive ketones (excluding diaryl/α,β-unsaturated/α-hetero) is 1. The molecule has 0 aliphatic heterocycles. The molecule has 0 saturated heterocycles. The van der Waals surface area contributed by atoms with Gasteiger partial charge in [-0.25, -0.2) is 4.68 Å². The monoisotopic (exact) mass is 371 g/mol. The third kappa shape index (κ3) is 3.21. The maximum Gasteiger partial charge on any atom is 0.210 e. The number of nitrogens with zero attached hydrogens (tertiary/aromatic N) is 5. The fraction of sp³-hybridized carbons (Fsp3) is 0.444. The molecular weight excluding hydrogens is 350 g/mol. The smallest absolute Gasteiger partial charge is 0.210 e. The SMILES string of the molecule is Cc1cc(C(=O)[C@@H](C)Sc2nnnn2C2CC2)c(C)n1Cc1ccco1. The van der Waals surface area contributed by atoms with Gasteiger partial charge in [-0.15, -0.1) is 5.10 Å². The van der Waals surface area contributed by atoms with E-state index in [4.69, 9.17) is 4.42 Å². The van der Waals surface area contributed by atoms with Crippen LogP contribution < -0.4 is 0 Å². The lowest BCUT2D eigenvalue weighted by molar-refractivity contribution is 0.0993. The summed E-state index contributed by atoms with van der Waals surface area (Å²) in [6, 6.07) is 6.17. The predicted molar refractivity (Wildman–Crippen MR) is 97.5 cm³/mol. The molecule has 0 N–H and O–H groups in total. The van der Waals surface area contributed by atoms with Gasteiger partial charge in [-0.2, -0.15) is 0 Å². The zero-order valence-corrected chi connectivity index (χ0v) is 15.9. The highest BCUT2D eigenvalue weighted by atomic mass is 32.2. The Bertz CT molecular complexity index is 924. The number of thioether (sulfide) groups is 1. The highest BCUT2D eigenvalue weighted by Crippen LogP contribution is 2.37. The molecule has 1 atom stereocenters. The van der Waals surface area contributed by atoms with E-state index in [1.807, 2.05) is 43.7 Å². The van der Waals surface area contributed by atoms with Crippen molar-refractivity contribution in [1.82, 2.24) is 24.8 Å². The fourth-order valence-corrected chi connectivity index (χ4v) is 4.02. The van der Waals surface area contributed by atoms with Gasteiger partial charge in [0.05, 0.1) is 24.1 Å². The summed E-state index contributed by atoms with van der Waals surface area (Å²) in [5.41, 5.74) is 2.75. The van der Waals surface area contributed by atoms with Crippen molar-refractivity contribution in [1.29, 1.82) is 0 Å². The second-order valence-corrected chi connectivity index (χ2v) is 8.02. The molecule has 136 valence electrons. The summed E-state index contributed by atoms with van der Waals surface area (Å²) in [5, 5.41) is 12.4. The van der Waals surface area contributed by atoms with E-state index in [9.17, 15) is 4.79 Å². The van der Waals surface area contributed by atoms with Gasteiger partial charge in [-0.3, -0.25) is 4.79 Å². The largest absolute Gasteiger partial charge is 0.467 e. The Kier molecular flexibility index (Phi) is 4.44. The van der Waals surface area contributed by atoms with Crippen LogP contribution in [0.5, 0.6) is 0 Å². The molecule has 1 aliphatic carbocycles. The molecule has 7 nitrogen and oxygen atoms in total. The minimum absolute atomic E-state index is 0.0964. The Morgan fingerprint density at radius 1 is 1.42 bits per heavy atom. The van der Waals surface area contributed by atoms with Crippen molar-refractivity contribution in [3.8, 4) is 0 Å². The first-order valence-corrected chi connectivity index (χ1v) is 9.60. The quantitative estimate of drug-likeness (QED) is 0.468. The lowest BCUT2D eigenvalue weighted by atomic mass is 10.1. The van der Waals surface area contributed by atoms with Crippen LogP contribution in [0.25, 0.3) is 0 Å². The predicted octanol–water partition coefficient (Wildman–Crippen LogP) is 3.43. The van der Waals surface area contributed by atoms with Gasteiger partial charge >= 0.3 is 0 Å². The molecule has 1 saturated carbocycles. The van der Waals surface area contributed by atoms with Crippen LogP contribution in [0.15, 0.2) is 34.0 Å². The van der Waals surface area contributed by atoms with Crippen LogP contribution in [0.1, 0.15) is 53.3 Å². The molecular formula is C18H21N5O2S. The third-order valence-electron chi connectivity index (χ3n) is 4.74. The molecule has 3 aromatic heterocycles. The van der Waals surface area contributed by atoms with Crippen LogP contribution >= 0.6 is 11.8 Å². The number of hydrogen-bond donors (Lipinski definition) is 0. The summed E-state index contributed by atoms with van der Waals surface area (Å²) in [6.07, 6.45) is 3.88. The molecule has 1 fully saturated rings. The van der Waals surface area contributed by atoms with Gasteiger partial charge in [-0.05, 0) is 62.2 Å². The molecule has 3 heterocycles. The first-order valence-electron chi connectivity index (χ1n) is 8.72. The molecule has 0 amide bonds. The Morgan fingerprint density at radius 2 is 2.23 bits per heavy atom. The highest BCUT2D eigenvalue weighted by molar-refractivity contribution is 8.00. The van der Waals surface area contributed by atoms with Crippen molar-refractivity contribution in [2.75, 3.05) is 0 Å². The van der Waals surface area contributed by atoms with Gasteiger partial charge in [0.15, 0.2) is 5.78 Å². The summed E-state index contributed by atoms with van der Waals surface area (Å²) in [7, 11) is 0. The molecule has 8 heteroatoms. The van der Waals surface area contributed by atoms with Crippen molar-refractivity contribution < 1.29 is 9.21 Å². The lowest BCUT2D eigenvalue weighted by Gasteiger charge is -2.11. The molecule has 1 aliphatic rings. The minimum Gasteiger partial charge on any atom is -0.467 e. The number of carbonyl (C=O) groups excluding carboxylic acids is 1. The van der Waals surface area contributed by atoms with E-state index in [2.05, 4.69) is 20.1 Å². The second-order valence-electron chi connectivity index (χ2n) is 6.71. The van der Waals surface area contributed by atoms with Gasteiger partial charge in [-0.1, -0.05) is 11.8 Å². The van der Waals surface area contributed by atoms with Crippen LogP contribution in [0.2, 0.25) is 0 Å². The number of hydrogen-bond acceptors (Lipinski definition) is 6. The summed E-state index contributed by atoms with van der Waals surface area (Å²) in [4.78, 5) is 13.0.